The Bertz CT molecular complexity index is 383. The number of nitrogens with zero attached hydrogens (tertiary/aromatic N) is 2. The number of ether oxygens (including phenoxy) is 1. The Hall–Kier alpha value is -0.820. The Labute approximate surface area is 113 Å². The first kappa shape index (κ1) is 14.2. The molecule has 0 N–H and O–H groups in total. The molecular formula is C12H18IN2O2-. The van der Waals surface area contributed by atoms with Crippen molar-refractivity contribution in [3.63, 3.8) is 0 Å². The van der Waals surface area contributed by atoms with Crippen LogP contribution in [0.5, 0.6) is 5.75 Å². The van der Waals surface area contributed by atoms with Crippen LogP contribution in [0.1, 0.15) is 6.92 Å². The monoisotopic (exact) mass is 349 g/mol. The van der Waals surface area contributed by atoms with Gasteiger partial charge in [0.05, 0.1) is 0 Å². The van der Waals surface area contributed by atoms with Crippen molar-refractivity contribution in [2.75, 3.05) is 27.7 Å². The fourth-order valence-electron chi connectivity index (χ4n) is 1.09. The number of carbonyl (C=O) groups excluding carboxylic acids is 1. The van der Waals surface area contributed by atoms with E-state index in [0.29, 0.717) is 12.3 Å². The quantitative estimate of drug-likeness (QED) is 0.510. The molecule has 0 unspecified atom stereocenters. The maximum atomic E-state index is 11.6. The van der Waals surface area contributed by atoms with Crippen molar-refractivity contribution < 1.29 is 31.0 Å². The molecular weight excluding hydrogens is 331 g/mol. The summed E-state index contributed by atoms with van der Waals surface area (Å²) in [6, 6.07) is 7.74. The molecule has 1 aromatic rings. The van der Waals surface area contributed by atoms with E-state index in [1.54, 1.807) is 7.05 Å². The Morgan fingerprint density at radius 1 is 1.35 bits per heavy atom. The van der Waals surface area contributed by atoms with Gasteiger partial charge in [0.25, 0.3) is 0 Å². The van der Waals surface area contributed by atoms with Gasteiger partial charge >= 0.3 is 113 Å². The Balaban J connectivity index is 2.68. The van der Waals surface area contributed by atoms with E-state index >= 15 is 0 Å². The van der Waals surface area contributed by atoms with Gasteiger partial charge in [-0.2, -0.15) is 0 Å². The molecule has 17 heavy (non-hydrogen) atoms. The van der Waals surface area contributed by atoms with Crippen molar-refractivity contribution >= 4 is 6.09 Å². The summed E-state index contributed by atoms with van der Waals surface area (Å²) in [7, 11) is 5.83. The first-order valence-corrected chi connectivity index (χ1v) is 7.42. The molecule has 1 rings (SSSR count). The molecule has 0 saturated heterocycles. The van der Waals surface area contributed by atoms with Crippen molar-refractivity contribution in [2.24, 2.45) is 0 Å². The number of hydrogen-bond donors (Lipinski definition) is 0. The van der Waals surface area contributed by atoms with Crippen LogP contribution in [0.25, 0.3) is 0 Å². The topological polar surface area (TPSA) is 32.8 Å². The summed E-state index contributed by atoms with van der Waals surface area (Å²) in [5, 5.41) is 0. The van der Waals surface area contributed by atoms with Crippen LogP contribution in [0.3, 0.4) is 0 Å². The van der Waals surface area contributed by atoms with Gasteiger partial charge in [-0.15, -0.1) is 0 Å². The van der Waals surface area contributed by atoms with Gasteiger partial charge in [-0.05, 0) is 0 Å². The number of amides is 1. The number of halogens is 1. The molecule has 0 spiro atoms. The second kappa shape index (κ2) is 6.80. The van der Waals surface area contributed by atoms with E-state index in [2.05, 4.69) is 23.3 Å². The number of carbonyl (C=O) groups is 1. The zero-order valence-electron chi connectivity index (χ0n) is 10.6. The summed E-state index contributed by atoms with van der Waals surface area (Å²) in [4.78, 5) is 13.1. The molecule has 4 nitrogen and oxygen atoms in total. The third kappa shape index (κ3) is 4.91. The van der Waals surface area contributed by atoms with Crippen molar-refractivity contribution in [3.05, 3.63) is 27.8 Å². The molecule has 0 bridgehead atoms. The molecule has 0 atom stereocenters. The second-order valence-electron chi connectivity index (χ2n) is 3.71. The summed E-state index contributed by atoms with van der Waals surface area (Å²) < 4.78 is 8.69. The summed E-state index contributed by atoms with van der Waals surface area (Å²) in [5.74, 6) is 0.620. The number of benzene rings is 1. The van der Waals surface area contributed by atoms with E-state index in [-0.39, 0.29) is 27.6 Å². The third-order valence-electron chi connectivity index (χ3n) is 2.05. The molecule has 0 aliphatic heterocycles. The summed E-state index contributed by atoms with van der Waals surface area (Å²) in [5.41, 5.74) is 0. The zero-order chi connectivity index (χ0) is 12.8. The fraction of sp³-hybridized carbons (Fsp3) is 0.417. The molecule has 0 fully saturated rings. The van der Waals surface area contributed by atoms with Crippen LogP contribution in [0.15, 0.2) is 24.3 Å². The molecule has 1 amide bonds. The molecule has 96 valence electrons. The van der Waals surface area contributed by atoms with Crippen LogP contribution < -0.4 is 26.2 Å². The second-order valence-corrected chi connectivity index (χ2v) is 7.37. The van der Waals surface area contributed by atoms with Crippen LogP contribution in [0.4, 0.5) is 4.79 Å². The molecule has 5 heteroatoms. The summed E-state index contributed by atoms with van der Waals surface area (Å²) >= 11 is -0.167. The van der Waals surface area contributed by atoms with Crippen LogP contribution >= 0.6 is 0 Å². The van der Waals surface area contributed by atoms with E-state index in [9.17, 15) is 4.79 Å². The average molecular weight is 349 g/mol. The number of rotatable bonds is 4. The predicted molar refractivity (Wildman–Crippen MR) is 63.2 cm³/mol. The van der Waals surface area contributed by atoms with Gasteiger partial charge in [-0.25, -0.2) is 0 Å². The van der Waals surface area contributed by atoms with Gasteiger partial charge in [-0.3, -0.25) is 0 Å². The van der Waals surface area contributed by atoms with Crippen LogP contribution in [0, 0.1) is 3.57 Å². The molecule has 0 aliphatic carbocycles. The minimum absolute atomic E-state index is 0.167. The fourth-order valence-corrected chi connectivity index (χ4v) is 3.01. The van der Waals surface area contributed by atoms with Crippen LogP contribution in [-0.4, -0.2) is 41.8 Å². The molecule has 1 aromatic carbocycles. The van der Waals surface area contributed by atoms with E-state index in [4.69, 9.17) is 4.74 Å². The molecule has 0 aromatic heterocycles. The standard InChI is InChI=1S/C12H18IN2O2/c1-5-15(4)12(16)17-11-8-6-7-10(9-11)13-14(2)3/h6-9H,5H2,1-4H3/q-1. The van der Waals surface area contributed by atoms with Gasteiger partial charge in [-0.1, -0.05) is 0 Å². The van der Waals surface area contributed by atoms with E-state index < -0.39 is 0 Å². The first-order chi connectivity index (χ1) is 8.02. The Morgan fingerprint density at radius 2 is 2.06 bits per heavy atom. The van der Waals surface area contributed by atoms with Gasteiger partial charge in [0.2, 0.25) is 0 Å². The molecule has 0 heterocycles. The normalized spacial score (nSPS) is 10.6. The van der Waals surface area contributed by atoms with Crippen LogP contribution in [-0.2, 0) is 0 Å². The molecule has 0 radical (unpaired) electrons. The van der Waals surface area contributed by atoms with Crippen molar-refractivity contribution in [1.82, 2.24) is 8.01 Å². The van der Waals surface area contributed by atoms with Crippen LogP contribution in [0.2, 0.25) is 0 Å². The van der Waals surface area contributed by atoms with E-state index in [1.165, 1.54) is 8.47 Å². The Kier molecular flexibility index (Phi) is 5.70. The van der Waals surface area contributed by atoms with Crippen molar-refractivity contribution in [2.45, 2.75) is 6.92 Å². The van der Waals surface area contributed by atoms with Gasteiger partial charge < -0.3 is 0 Å². The van der Waals surface area contributed by atoms with E-state index in [1.807, 2.05) is 25.1 Å². The maximum absolute atomic E-state index is 11.6. The minimum atomic E-state index is -0.312. The van der Waals surface area contributed by atoms with E-state index in [0.717, 1.165) is 0 Å². The summed E-state index contributed by atoms with van der Waals surface area (Å²) in [6.45, 7) is 2.55. The third-order valence-corrected chi connectivity index (χ3v) is 4.25. The predicted octanol–water partition coefficient (Wildman–Crippen LogP) is -1.13. The number of hydrogen-bond acceptors (Lipinski definition) is 3. The van der Waals surface area contributed by atoms with Gasteiger partial charge in [0.15, 0.2) is 0 Å². The Morgan fingerprint density at radius 3 is 2.65 bits per heavy atom. The first-order valence-electron chi connectivity index (χ1n) is 5.38. The molecule has 0 saturated carbocycles. The molecule has 0 aliphatic rings. The van der Waals surface area contributed by atoms with Gasteiger partial charge in [0, 0.05) is 0 Å². The average Bonchev–Trinajstić information content (AvgIpc) is 2.27. The van der Waals surface area contributed by atoms with Gasteiger partial charge in [0.1, 0.15) is 0 Å². The summed E-state index contributed by atoms with van der Waals surface area (Å²) in [6.07, 6.45) is -0.312. The van der Waals surface area contributed by atoms with Crippen molar-refractivity contribution in [3.8, 4) is 5.75 Å². The van der Waals surface area contributed by atoms with Crippen molar-refractivity contribution in [1.29, 1.82) is 0 Å². The SMILES string of the molecule is CCN(C)C(=O)Oc1cccc([I-]N(C)C)c1. The zero-order valence-corrected chi connectivity index (χ0v) is 12.8.